The highest BCUT2D eigenvalue weighted by molar-refractivity contribution is 5.95. The Bertz CT molecular complexity index is 622. The summed E-state index contributed by atoms with van der Waals surface area (Å²) in [5.74, 6) is 0.0660. The third-order valence-electron chi connectivity index (χ3n) is 4.80. The average molecular weight is 266 g/mol. The van der Waals surface area contributed by atoms with Crippen LogP contribution in [-0.2, 0) is 9.53 Å². The Morgan fingerprint density at radius 1 is 1.00 bits per heavy atom. The van der Waals surface area contributed by atoms with E-state index in [0.717, 1.165) is 18.4 Å². The third-order valence-corrected chi connectivity index (χ3v) is 4.80. The van der Waals surface area contributed by atoms with Gasteiger partial charge < -0.3 is 4.74 Å². The normalized spacial score (nSPS) is 25.4. The largest absolute Gasteiger partial charge is 0.458 e. The van der Waals surface area contributed by atoms with Crippen LogP contribution in [0.15, 0.2) is 52.6 Å². The summed E-state index contributed by atoms with van der Waals surface area (Å²) in [6.07, 6.45) is 5.85. The molecule has 1 unspecified atom stereocenters. The van der Waals surface area contributed by atoms with E-state index in [-0.39, 0.29) is 11.9 Å². The number of ether oxygens (including phenoxy) is 1. The summed E-state index contributed by atoms with van der Waals surface area (Å²) in [5.41, 5.74) is 6.48. The van der Waals surface area contributed by atoms with E-state index in [1.165, 1.54) is 36.0 Å². The van der Waals surface area contributed by atoms with E-state index in [1.807, 2.05) is 6.07 Å². The van der Waals surface area contributed by atoms with Crippen LogP contribution in [0.25, 0.3) is 0 Å². The van der Waals surface area contributed by atoms with Gasteiger partial charge in [0, 0.05) is 5.92 Å². The van der Waals surface area contributed by atoms with Gasteiger partial charge in [-0.2, -0.15) is 0 Å². The molecule has 1 aromatic rings. The van der Waals surface area contributed by atoms with Gasteiger partial charge in [0.25, 0.3) is 0 Å². The Balaban J connectivity index is 1.86. The number of cyclic esters (lactones) is 1. The molecule has 4 rings (SSSR count). The smallest absolute Gasteiger partial charge is 0.335 e. The lowest BCUT2D eigenvalue weighted by molar-refractivity contribution is -0.136. The maximum absolute atomic E-state index is 12.2. The number of carbonyl (C=O) groups is 1. The highest BCUT2D eigenvalue weighted by Crippen LogP contribution is 2.48. The van der Waals surface area contributed by atoms with Crippen molar-refractivity contribution in [3.05, 3.63) is 58.2 Å². The predicted octanol–water partition coefficient (Wildman–Crippen LogP) is 3.90. The monoisotopic (exact) mass is 266 g/mol. The number of benzene rings is 1. The maximum Gasteiger partial charge on any atom is 0.335 e. The molecule has 0 fully saturated rings. The minimum absolute atomic E-state index is 0.0917. The zero-order valence-electron chi connectivity index (χ0n) is 11.5. The van der Waals surface area contributed by atoms with Gasteiger partial charge in [-0.1, -0.05) is 41.5 Å². The van der Waals surface area contributed by atoms with E-state index in [0.29, 0.717) is 6.61 Å². The van der Waals surface area contributed by atoms with Gasteiger partial charge in [-0.15, -0.1) is 0 Å². The highest BCUT2D eigenvalue weighted by atomic mass is 16.5. The lowest BCUT2D eigenvalue weighted by Crippen LogP contribution is -2.19. The molecule has 0 amide bonds. The quantitative estimate of drug-likeness (QED) is 0.569. The first-order valence-corrected chi connectivity index (χ1v) is 7.49. The molecule has 2 aliphatic carbocycles. The molecule has 0 bridgehead atoms. The van der Waals surface area contributed by atoms with E-state index in [9.17, 15) is 4.79 Å². The zero-order valence-corrected chi connectivity index (χ0v) is 11.5. The van der Waals surface area contributed by atoms with Gasteiger partial charge in [-0.3, -0.25) is 0 Å². The van der Waals surface area contributed by atoms with Gasteiger partial charge in [0.2, 0.25) is 0 Å². The summed E-state index contributed by atoms with van der Waals surface area (Å²) >= 11 is 0. The second-order valence-electron chi connectivity index (χ2n) is 5.95. The molecular weight excluding hydrogens is 248 g/mol. The van der Waals surface area contributed by atoms with Crippen molar-refractivity contribution in [3.8, 4) is 0 Å². The molecule has 20 heavy (non-hydrogen) atoms. The fraction of sp³-hybridized carbons (Fsp3) is 0.389. The second kappa shape index (κ2) is 4.62. The molecule has 0 spiro atoms. The molecule has 3 aliphatic rings. The van der Waals surface area contributed by atoms with Crippen LogP contribution >= 0.6 is 0 Å². The topological polar surface area (TPSA) is 26.3 Å². The van der Waals surface area contributed by atoms with Gasteiger partial charge in [-0.05, 0) is 43.2 Å². The summed E-state index contributed by atoms with van der Waals surface area (Å²) in [4.78, 5) is 12.2. The maximum atomic E-state index is 12.2. The van der Waals surface area contributed by atoms with Crippen LogP contribution in [-0.4, -0.2) is 12.6 Å². The first-order chi connectivity index (χ1) is 9.84. The summed E-state index contributed by atoms with van der Waals surface area (Å²) in [5, 5.41) is 0. The Morgan fingerprint density at radius 2 is 1.80 bits per heavy atom. The number of rotatable bonds is 1. The molecule has 1 atom stereocenters. The van der Waals surface area contributed by atoms with Gasteiger partial charge in [-0.25, -0.2) is 4.79 Å². The van der Waals surface area contributed by atoms with Crippen LogP contribution < -0.4 is 0 Å². The van der Waals surface area contributed by atoms with E-state index in [4.69, 9.17) is 4.74 Å². The Labute approximate surface area is 119 Å². The minimum Gasteiger partial charge on any atom is -0.458 e. The van der Waals surface area contributed by atoms with E-state index in [2.05, 4.69) is 24.3 Å². The van der Waals surface area contributed by atoms with Crippen molar-refractivity contribution in [2.75, 3.05) is 6.61 Å². The first-order valence-electron chi connectivity index (χ1n) is 7.49. The summed E-state index contributed by atoms with van der Waals surface area (Å²) in [7, 11) is 0. The van der Waals surface area contributed by atoms with Crippen molar-refractivity contribution >= 4 is 5.97 Å². The van der Waals surface area contributed by atoms with Crippen molar-refractivity contribution in [1.82, 2.24) is 0 Å². The van der Waals surface area contributed by atoms with Crippen LogP contribution in [0.4, 0.5) is 0 Å². The minimum atomic E-state index is -0.0917. The van der Waals surface area contributed by atoms with Gasteiger partial charge >= 0.3 is 5.97 Å². The summed E-state index contributed by atoms with van der Waals surface area (Å²) < 4.78 is 5.32. The van der Waals surface area contributed by atoms with Crippen molar-refractivity contribution in [1.29, 1.82) is 0 Å². The predicted molar refractivity (Wildman–Crippen MR) is 77.3 cm³/mol. The van der Waals surface area contributed by atoms with E-state index >= 15 is 0 Å². The fourth-order valence-electron chi connectivity index (χ4n) is 3.91. The van der Waals surface area contributed by atoms with E-state index < -0.39 is 0 Å². The number of hydrogen-bond donors (Lipinski definition) is 0. The fourth-order valence-corrected chi connectivity index (χ4v) is 3.91. The molecular formula is C18H18O2. The lowest BCUT2D eigenvalue weighted by Gasteiger charge is -2.32. The van der Waals surface area contributed by atoms with Crippen molar-refractivity contribution in [3.63, 3.8) is 0 Å². The molecule has 2 nitrogen and oxygen atoms in total. The molecule has 1 aromatic carbocycles. The van der Waals surface area contributed by atoms with Crippen LogP contribution in [0.5, 0.6) is 0 Å². The molecule has 1 aliphatic heterocycles. The molecule has 0 saturated carbocycles. The molecule has 0 saturated heterocycles. The second-order valence-corrected chi connectivity index (χ2v) is 5.95. The van der Waals surface area contributed by atoms with Gasteiger partial charge in [0.05, 0.1) is 5.57 Å². The summed E-state index contributed by atoms with van der Waals surface area (Å²) in [6, 6.07) is 10.4. The standard InChI is InChI=1S/C18H18O2/c19-18-17-14(11-20-18)10-13-8-4-5-9-15(13)16(17)12-6-2-1-3-7-12/h1-3,6-7,16H,4-5,8-11H2. The molecule has 0 radical (unpaired) electrons. The SMILES string of the molecule is O=C1OCC2=C1C(c1ccccc1)C1=C(CCCC1)C2. The molecule has 0 N–H and O–H groups in total. The molecule has 0 aromatic heterocycles. The van der Waals surface area contributed by atoms with Crippen LogP contribution in [0.2, 0.25) is 0 Å². The Kier molecular flexibility index (Phi) is 2.76. The van der Waals surface area contributed by atoms with Crippen molar-refractivity contribution in [2.45, 2.75) is 38.0 Å². The average Bonchev–Trinajstić information content (AvgIpc) is 2.87. The van der Waals surface area contributed by atoms with Crippen LogP contribution in [0.1, 0.15) is 43.6 Å². The zero-order chi connectivity index (χ0) is 13.5. The summed E-state index contributed by atoms with van der Waals surface area (Å²) in [6.45, 7) is 0.508. The van der Waals surface area contributed by atoms with Crippen LogP contribution in [0, 0.1) is 0 Å². The van der Waals surface area contributed by atoms with Crippen molar-refractivity contribution < 1.29 is 9.53 Å². The lowest BCUT2D eigenvalue weighted by atomic mass is 9.71. The number of carbonyl (C=O) groups excluding carboxylic acids is 1. The van der Waals surface area contributed by atoms with Gasteiger partial charge in [0.15, 0.2) is 0 Å². The molecule has 1 heterocycles. The molecule has 102 valence electrons. The Hall–Kier alpha value is -1.83. The van der Waals surface area contributed by atoms with Crippen LogP contribution in [0.3, 0.4) is 0 Å². The van der Waals surface area contributed by atoms with Crippen molar-refractivity contribution in [2.24, 2.45) is 0 Å². The number of esters is 1. The number of hydrogen-bond acceptors (Lipinski definition) is 2. The molecule has 2 heteroatoms. The third kappa shape index (κ3) is 1.75. The highest BCUT2D eigenvalue weighted by Gasteiger charge is 2.39. The Morgan fingerprint density at radius 3 is 2.65 bits per heavy atom. The first kappa shape index (κ1) is 12.0. The number of allylic oxidation sites excluding steroid dienone is 2. The van der Waals surface area contributed by atoms with Gasteiger partial charge in [0.1, 0.15) is 6.61 Å². The van der Waals surface area contributed by atoms with E-state index in [1.54, 1.807) is 5.57 Å².